The predicted octanol–water partition coefficient (Wildman–Crippen LogP) is 1.69. The van der Waals surface area contributed by atoms with Gasteiger partial charge in [-0.25, -0.2) is 0 Å². The maximum absolute atomic E-state index is 10.5. The topological polar surface area (TPSA) is 83.6 Å². The van der Waals surface area contributed by atoms with Gasteiger partial charge in [0.25, 0.3) is 5.69 Å². The fraction of sp³-hybridized carbons (Fsp3) is 0.500. The molecule has 96 valence electrons. The molecule has 0 aliphatic rings. The summed E-state index contributed by atoms with van der Waals surface area (Å²) in [6.07, 6.45) is 0.824. The highest BCUT2D eigenvalue weighted by molar-refractivity contribution is 5.40. The van der Waals surface area contributed by atoms with E-state index in [0.29, 0.717) is 12.8 Å². The van der Waals surface area contributed by atoms with Crippen LogP contribution in [0.1, 0.15) is 25.0 Å². The first-order valence-corrected chi connectivity index (χ1v) is 5.67. The number of non-ortho nitro benzene ring substituents is 1. The summed E-state index contributed by atoms with van der Waals surface area (Å²) in [5, 5.41) is 28.1. The molecule has 0 heterocycles. The Morgan fingerprint density at radius 1 is 1.12 bits per heavy atom. The summed E-state index contributed by atoms with van der Waals surface area (Å²) >= 11 is 0. The lowest BCUT2D eigenvalue weighted by molar-refractivity contribution is -0.384. The lowest BCUT2D eigenvalue weighted by atomic mass is 10.0. The quantitative estimate of drug-likeness (QED) is 0.607. The minimum absolute atomic E-state index is 0.00373. The molecule has 5 heteroatoms. The van der Waals surface area contributed by atoms with Crippen LogP contribution < -0.4 is 0 Å². The Kier molecular flexibility index (Phi) is 7.92. The van der Waals surface area contributed by atoms with E-state index in [4.69, 9.17) is 10.2 Å². The molecular formula is C12H19NO4. The number of benzene rings is 1. The van der Waals surface area contributed by atoms with E-state index in [1.54, 1.807) is 6.07 Å². The number of nitro benzene ring substituents is 1. The predicted molar refractivity (Wildman–Crippen MR) is 66.0 cm³/mol. The lowest BCUT2D eigenvalue weighted by Gasteiger charge is -2.06. The molecule has 0 saturated carbocycles. The van der Waals surface area contributed by atoms with Gasteiger partial charge >= 0.3 is 0 Å². The monoisotopic (exact) mass is 241 g/mol. The Bertz CT molecular complexity index is 352. The molecule has 0 fully saturated rings. The van der Waals surface area contributed by atoms with Crippen LogP contribution in [0.5, 0.6) is 0 Å². The number of nitrogens with zero attached hydrogens (tertiary/aromatic N) is 1. The van der Waals surface area contributed by atoms with Gasteiger partial charge in [-0.2, -0.15) is 0 Å². The Hall–Kier alpha value is -1.46. The van der Waals surface area contributed by atoms with Crippen LogP contribution in [0.3, 0.4) is 0 Å². The van der Waals surface area contributed by atoms with Crippen molar-refractivity contribution in [1.29, 1.82) is 0 Å². The van der Waals surface area contributed by atoms with Crippen molar-refractivity contribution in [2.24, 2.45) is 0 Å². The van der Waals surface area contributed by atoms with Crippen LogP contribution in [-0.4, -0.2) is 28.4 Å². The number of aliphatic hydroxyl groups excluding tert-OH is 2. The molecule has 17 heavy (non-hydrogen) atoms. The van der Waals surface area contributed by atoms with Gasteiger partial charge in [-0.1, -0.05) is 19.9 Å². The van der Waals surface area contributed by atoms with Gasteiger partial charge in [0, 0.05) is 25.3 Å². The molecule has 1 rings (SSSR count). The first-order valence-electron chi connectivity index (χ1n) is 5.67. The molecule has 0 saturated heterocycles. The first-order chi connectivity index (χ1) is 8.19. The van der Waals surface area contributed by atoms with E-state index < -0.39 is 4.92 Å². The van der Waals surface area contributed by atoms with Crippen molar-refractivity contribution >= 4 is 5.69 Å². The van der Waals surface area contributed by atoms with Crippen LogP contribution in [0, 0.1) is 10.1 Å². The highest BCUT2D eigenvalue weighted by Crippen LogP contribution is 2.18. The van der Waals surface area contributed by atoms with Gasteiger partial charge in [0.1, 0.15) is 0 Å². The van der Waals surface area contributed by atoms with Crippen LogP contribution in [0.4, 0.5) is 5.69 Å². The Labute approximate surface area is 101 Å². The van der Waals surface area contributed by atoms with Gasteiger partial charge in [-0.15, -0.1) is 0 Å². The summed E-state index contributed by atoms with van der Waals surface area (Å²) in [6.45, 7) is 3.94. The van der Waals surface area contributed by atoms with Gasteiger partial charge in [0.15, 0.2) is 0 Å². The Morgan fingerprint density at radius 3 is 2.12 bits per heavy atom. The summed E-state index contributed by atoms with van der Waals surface area (Å²) in [4.78, 5) is 10.1. The van der Waals surface area contributed by atoms with Gasteiger partial charge in [-0.05, 0) is 24.0 Å². The molecule has 0 radical (unpaired) electrons. The SMILES string of the molecule is CC.O=[N+]([O-])c1ccc(CCO)c(CCO)c1. The third-order valence-corrected chi connectivity index (χ3v) is 2.16. The molecule has 2 N–H and O–H groups in total. The molecule has 0 spiro atoms. The van der Waals surface area contributed by atoms with Gasteiger partial charge < -0.3 is 10.2 Å². The molecule has 1 aromatic rings. The van der Waals surface area contributed by atoms with E-state index in [2.05, 4.69) is 0 Å². The van der Waals surface area contributed by atoms with Crippen molar-refractivity contribution in [2.45, 2.75) is 26.7 Å². The fourth-order valence-corrected chi connectivity index (χ4v) is 1.44. The summed E-state index contributed by atoms with van der Waals surface area (Å²) in [5.41, 5.74) is 1.58. The summed E-state index contributed by atoms with van der Waals surface area (Å²) in [5.74, 6) is 0. The summed E-state index contributed by atoms with van der Waals surface area (Å²) in [7, 11) is 0. The zero-order valence-corrected chi connectivity index (χ0v) is 10.2. The normalized spacial score (nSPS) is 9.41. The maximum Gasteiger partial charge on any atom is 0.269 e. The van der Waals surface area contributed by atoms with Crippen LogP contribution >= 0.6 is 0 Å². The van der Waals surface area contributed by atoms with Crippen molar-refractivity contribution in [2.75, 3.05) is 13.2 Å². The zero-order valence-electron chi connectivity index (χ0n) is 10.2. The number of nitro groups is 1. The van der Waals surface area contributed by atoms with Crippen molar-refractivity contribution in [3.8, 4) is 0 Å². The minimum atomic E-state index is -0.469. The molecule has 0 amide bonds. The van der Waals surface area contributed by atoms with E-state index in [1.807, 2.05) is 13.8 Å². The first kappa shape index (κ1) is 15.5. The third-order valence-electron chi connectivity index (χ3n) is 2.16. The second kappa shape index (κ2) is 8.66. The van der Waals surface area contributed by atoms with E-state index in [1.165, 1.54) is 12.1 Å². The maximum atomic E-state index is 10.5. The highest BCUT2D eigenvalue weighted by atomic mass is 16.6. The molecule has 0 aromatic heterocycles. The lowest BCUT2D eigenvalue weighted by Crippen LogP contribution is -2.01. The van der Waals surface area contributed by atoms with Crippen LogP contribution in [0.15, 0.2) is 18.2 Å². The molecule has 0 unspecified atom stereocenters. The van der Waals surface area contributed by atoms with Gasteiger partial charge in [0.2, 0.25) is 0 Å². The average Bonchev–Trinajstić information content (AvgIpc) is 2.34. The van der Waals surface area contributed by atoms with E-state index in [0.717, 1.165) is 11.1 Å². The second-order valence-corrected chi connectivity index (χ2v) is 3.16. The third kappa shape index (κ3) is 4.93. The number of aliphatic hydroxyl groups is 2. The Balaban J connectivity index is 0.00000121. The van der Waals surface area contributed by atoms with Gasteiger partial charge in [0.05, 0.1) is 4.92 Å². The molecule has 0 bridgehead atoms. The molecule has 0 aliphatic carbocycles. The average molecular weight is 241 g/mol. The molecule has 0 atom stereocenters. The molecule has 5 nitrogen and oxygen atoms in total. The Morgan fingerprint density at radius 2 is 1.65 bits per heavy atom. The highest BCUT2D eigenvalue weighted by Gasteiger charge is 2.09. The van der Waals surface area contributed by atoms with Gasteiger partial charge in [-0.3, -0.25) is 10.1 Å². The van der Waals surface area contributed by atoms with E-state index in [9.17, 15) is 10.1 Å². The fourth-order valence-electron chi connectivity index (χ4n) is 1.44. The largest absolute Gasteiger partial charge is 0.396 e. The van der Waals surface area contributed by atoms with Crippen LogP contribution in [-0.2, 0) is 12.8 Å². The number of rotatable bonds is 5. The number of hydrogen-bond acceptors (Lipinski definition) is 4. The molecule has 1 aromatic carbocycles. The van der Waals surface area contributed by atoms with Crippen molar-refractivity contribution in [3.63, 3.8) is 0 Å². The standard InChI is InChI=1S/C10H13NO4.C2H6/c12-5-3-8-1-2-10(11(14)15)7-9(8)4-6-13;1-2/h1-2,7,12-13H,3-6H2;1-2H3. The van der Waals surface area contributed by atoms with Crippen LogP contribution in [0.25, 0.3) is 0 Å². The number of hydrogen-bond donors (Lipinski definition) is 2. The van der Waals surface area contributed by atoms with Crippen molar-refractivity contribution < 1.29 is 15.1 Å². The zero-order chi connectivity index (χ0) is 13.3. The summed E-state index contributed by atoms with van der Waals surface area (Å²) in [6, 6.07) is 4.48. The van der Waals surface area contributed by atoms with Crippen molar-refractivity contribution in [1.82, 2.24) is 0 Å². The second-order valence-electron chi connectivity index (χ2n) is 3.16. The van der Waals surface area contributed by atoms with E-state index in [-0.39, 0.29) is 18.9 Å². The summed E-state index contributed by atoms with van der Waals surface area (Å²) < 4.78 is 0. The van der Waals surface area contributed by atoms with E-state index >= 15 is 0 Å². The van der Waals surface area contributed by atoms with Crippen LogP contribution in [0.2, 0.25) is 0 Å². The van der Waals surface area contributed by atoms with Crippen molar-refractivity contribution in [3.05, 3.63) is 39.4 Å². The molecular weight excluding hydrogens is 222 g/mol. The minimum Gasteiger partial charge on any atom is -0.396 e. The smallest absolute Gasteiger partial charge is 0.269 e. The molecule has 0 aliphatic heterocycles.